The number of benzene rings is 2. The van der Waals surface area contributed by atoms with Gasteiger partial charge in [-0.05, 0) is 42.5 Å². The Kier molecular flexibility index (Phi) is 6.08. The predicted molar refractivity (Wildman–Crippen MR) is 95.6 cm³/mol. The van der Waals surface area contributed by atoms with Crippen LogP contribution in [0.15, 0.2) is 47.4 Å². The largest absolute Gasteiger partial charge is 0.322 e. The van der Waals surface area contributed by atoms with Gasteiger partial charge < -0.3 is 5.32 Å². The lowest BCUT2D eigenvalue weighted by molar-refractivity contribution is 0.102. The van der Waals surface area contributed by atoms with Crippen LogP contribution in [-0.2, 0) is 10.0 Å². The summed E-state index contributed by atoms with van der Waals surface area (Å²) in [5.74, 6) is -1.60. The van der Waals surface area contributed by atoms with Crippen LogP contribution < -0.4 is 5.32 Å². The summed E-state index contributed by atoms with van der Waals surface area (Å²) in [7, 11) is -3.81. The molecule has 0 bridgehead atoms. The van der Waals surface area contributed by atoms with E-state index >= 15 is 0 Å². The van der Waals surface area contributed by atoms with E-state index in [1.807, 2.05) is 6.07 Å². The maximum Gasteiger partial charge on any atom is 0.258 e. The van der Waals surface area contributed by atoms with E-state index < -0.39 is 21.7 Å². The van der Waals surface area contributed by atoms with Gasteiger partial charge in [-0.3, -0.25) is 4.79 Å². The standard InChI is InChI=1S/C18H18FN3O3S/c1-3-22(4-2)26(24,25)15-9-10-17(19)16(11-15)18(23)21-14-7-5-13(12-20)6-8-14/h5-11H,3-4H2,1-2H3,(H,21,23). The molecule has 0 saturated heterocycles. The van der Waals surface area contributed by atoms with E-state index in [9.17, 15) is 17.6 Å². The van der Waals surface area contributed by atoms with E-state index in [1.165, 1.54) is 28.6 Å². The van der Waals surface area contributed by atoms with Crippen molar-refractivity contribution in [3.05, 3.63) is 59.4 Å². The monoisotopic (exact) mass is 375 g/mol. The molecule has 0 heterocycles. The van der Waals surface area contributed by atoms with Gasteiger partial charge in [-0.2, -0.15) is 9.57 Å². The molecule has 2 aromatic rings. The molecule has 0 unspecified atom stereocenters. The molecule has 1 amide bonds. The third-order valence-corrected chi connectivity index (χ3v) is 5.84. The average Bonchev–Trinajstić information content (AvgIpc) is 2.63. The normalized spacial score (nSPS) is 11.2. The number of rotatable bonds is 6. The summed E-state index contributed by atoms with van der Waals surface area (Å²) in [6.07, 6.45) is 0. The highest BCUT2D eigenvalue weighted by Gasteiger charge is 2.24. The van der Waals surface area contributed by atoms with Crippen molar-refractivity contribution in [2.24, 2.45) is 0 Å². The first kappa shape index (κ1) is 19.6. The first-order chi connectivity index (χ1) is 12.3. The first-order valence-corrected chi connectivity index (χ1v) is 9.38. The third kappa shape index (κ3) is 4.07. The number of hydrogen-bond acceptors (Lipinski definition) is 4. The van der Waals surface area contributed by atoms with Gasteiger partial charge >= 0.3 is 0 Å². The van der Waals surface area contributed by atoms with Crippen LogP contribution in [-0.4, -0.2) is 31.7 Å². The minimum absolute atomic E-state index is 0.146. The van der Waals surface area contributed by atoms with Crippen LogP contribution in [0.4, 0.5) is 10.1 Å². The van der Waals surface area contributed by atoms with E-state index in [0.717, 1.165) is 18.2 Å². The van der Waals surface area contributed by atoms with Gasteiger partial charge in [0.15, 0.2) is 0 Å². The van der Waals surface area contributed by atoms with Crippen molar-refractivity contribution in [1.29, 1.82) is 5.26 Å². The third-order valence-electron chi connectivity index (χ3n) is 3.80. The summed E-state index contributed by atoms with van der Waals surface area (Å²) in [6, 6.07) is 11.1. The molecule has 0 atom stereocenters. The Morgan fingerprint density at radius 1 is 1.15 bits per heavy atom. The number of halogens is 1. The molecule has 0 radical (unpaired) electrons. The quantitative estimate of drug-likeness (QED) is 0.840. The molecule has 0 aliphatic rings. The SMILES string of the molecule is CCN(CC)S(=O)(=O)c1ccc(F)c(C(=O)Nc2ccc(C#N)cc2)c1. The Bertz CT molecular complexity index is 947. The van der Waals surface area contributed by atoms with Gasteiger partial charge in [0.25, 0.3) is 5.91 Å². The second-order valence-electron chi connectivity index (χ2n) is 5.37. The number of hydrogen-bond donors (Lipinski definition) is 1. The molecule has 0 spiro atoms. The van der Waals surface area contributed by atoms with Crippen molar-refractivity contribution in [3.63, 3.8) is 0 Å². The van der Waals surface area contributed by atoms with Gasteiger partial charge in [-0.15, -0.1) is 0 Å². The summed E-state index contributed by atoms with van der Waals surface area (Å²) >= 11 is 0. The Morgan fingerprint density at radius 2 is 1.77 bits per heavy atom. The summed E-state index contributed by atoms with van der Waals surface area (Å²) in [5.41, 5.74) is 0.412. The Balaban J connectivity index is 2.34. The molecular weight excluding hydrogens is 357 g/mol. The van der Waals surface area contributed by atoms with Crippen LogP contribution in [0.5, 0.6) is 0 Å². The fourth-order valence-corrected chi connectivity index (χ4v) is 3.86. The molecule has 136 valence electrons. The van der Waals surface area contributed by atoms with E-state index in [0.29, 0.717) is 11.3 Å². The summed E-state index contributed by atoms with van der Waals surface area (Å²) < 4.78 is 40.4. The van der Waals surface area contributed by atoms with Gasteiger partial charge in [0.1, 0.15) is 5.82 Å². The minimum Gasteiger partial charge on any atom is -0.322 e. The van der Waals surface area contributed by atoms with Crippen LogP contribution in [0, 0.1) is 17.1 Å². The fraction of sp³-hybridized carbons (Fsp3) is 0.222. The fourth-order valence-electron chi connectivity index (χ4n) is 2.38. The number of sulfonamides is 1. The van der Waals surface area contributed by atoms with Crippen LogP contribution in [0.2, 0.25) is 0 Å². The van der Waals surface area contributed by atoms with E-state index in [2.05, 4.69) is 5.32 Å². The van der Waals surface area contributed by atoms with E-state index in [1.54, 1.807) is 13.8 Å². The summed E-state index contributed by atoms with van der Waals surface area (Å²) in [4.78, 5) is 12.2. The highest BCUT2D eigenvalue weighted by atomic mass is 32.2. The van der Waals surface area contributed by atoms with Gasteiger partial charge in [0.05, 0.1) is 22.1 Å². The zero-order valence-electron chi connectivity index (χ0n) is 14.4. The molecule has 0 saturated carbocycles. The maximum atomic E-state index is 14.1. The first-order valence-electron chi connectivity index (χ1n) is 7.94. The molecule has 6 nitrogen and oxygen atoms in total. The molecule has 0 aromatic heterocycles. The Hall–Kier alpha value is -2.76. The Morgan fingerprint density at radius 3 is 2.31 bits per heavy atom. The average molecular weight is 375 g/mol. The van der Waals surface area contributed by atoms with Crippen LogP contribution in [0.3, 0.4) is 0 Å². The van der Waals surface area contributed by atoms with Crippen molar-refractivity contribution >= 4 is 21.6 Å². The number of carbonyl (C=O) groups excluding carboxylic acids is 1. The molecule has 2 rings (SSSR count). The van der Waals surface area contributed by atoms with Gasteiger partial charge in [-0.25, -0.2) is 12.8 Å². The molecule has 8 heteroatoms. The van der Waals surface area contributed by atoms with Crippen molar-refractivity contribution in [2.45, 2.75) is 18.7 Å². The highest BCUT2D eigenvalue weighted by molar-refractivity contribution is 7.89. The van der Waals surface area contributed by atoms with E-state index in [4.69, 9.17) is 5.26 Å². The maximum absolute atomic E-state index is 14.1. The van der Waals surface area contributed by atoms with Crippen LogP contribution in [0.1, 0.15) is 29.8 Å². The van der Waals surface area contributed by atoms with Gasteiger partial charge in [0.2, 0.25) is 10.0 Å². The predicted octanol–water partition coefficient (Wildman–Crippen LogP) is 2.98. The minimum atomic E-state index is -3.81. The van der Waals surface area contributed by atoms with Gasteiger partial charge in [-0.1, -0.05) is 13.8 Å². The topological polar surface area (TPSA) is 90.3 Å². The Labute approximate surface area is 151 Å². The molecule has 26 heavy (non-hydrogen) atoms. The van der Waals surface area contributed by atoms with Crippen molar-refractivity contribution in [1.82, 2.24) is 4.31 Å². The number of amides is 1. The van der Waals surface area contributed by atoms with E-state index in [-0.39, 0.29) is 23.5 Å². The number of nitrogens with zero attached hydrogens (tertiary/aromatic N) is 2. The van der Waals surface area contributed by atoms with Gasteiger partial charge in [0, 0.05) is 18.8 Å². The molecule has 0 aliphatic carbocycles. The second kappa shape index (κ2) is 8.08. The summed E-state index contributed by atoms with van der Waals surface area (Å²) in [6.45, 7) is 3.93. The van der Waals surface area contributed by atoms with Crippen molar-refractivity contribution < 1.29 is 17.6 Å². The highest BCUT2D eigenvalue weighted by Crippen LogP contribution is 2.20. The van der Waals surface area contributed by atoms with Crippen molar-refractivity contribution in [3.8, 4) is 6.07 Å². The number of carbonyl (C=O) groups is 1. The summed E-state index contributed by atoms with van der Waals surface area (Å²) in [5, 5.41) is 11.3. The zero-order chi connectivity index (χ0) is 19.3. The van der Waals surface area contributed by atoms with Crippen LogP contribution >= 0.6 is 0 Å². The molecule has 0 fully saturated rings. The molecule has 2 aromatic carbocycles. The van der Waals surface area contributed by atoms with Crippen LogP contribution in [0.25, 0.3) is 0 Å². The number of nitrogens with one attached hydrogen (secondary N) is 1. The molecular formula is C18H18FN3O3S. The molecule has 0 aliphatic heterocycles. The lowest BCUT2D eigenvalue weighted by atomic mass is 10.2. The number of anilines is 1. The lowest BCUT2D eigenvalue weighted by Crippen LogP contribution is -2.31. The van der Waals surface area contributed by atoms with Crippen molar-refractivity contribution in [2.75, 3.05) is 18.4 Å². The smallest absolute Gasteiger partial charge is 0.258 e. The lowest BCUT2D eigenvalue weighted by Gasteiger charge is -2.19. The number of nitriles is 1. The second-order valence-corrected chi connectivity index (χ2v) is 7.31. The molecule has 1 N–H and O–H groups in total. The zero-order valence-corrected chi connectivity index (χ0v) is 15.2.